The van der Waals surface area contributed by atoms with Crippen LogP contribution in [0.25, 0.3) is 0 Å². The highest BCUT2D eigenvalue weighted by Gasteiger charge is 2.38. The largest absolute Gasteiger partial charge is 0.508 e. The van der Waals surface area contributed by atoms with Crippen LogP contribution >= 0.6 is 0 Å². The highest BCUT2D eigenvalue weighted by Crippen LogP contribution is 2.51. The van der Waals surface area contributed by atoms with Gasteiger partial charge >= 0.3 is 0 Å². The van der Waals surface area contributed by atoms with E-state index in [4.69, 9.17) is 9.47 Å². The zero-order valence-electron chi connectivity index (χ0n) is 22.4. The molecule has 38 heavy (non-hydrogen) atoms. The quantitative estimate of drug-likeness (QED) is 0.322. The monoisotopic (exact) mass is 505 g/mol. The average Bonchev–Trinajstić information content (AvgIpc) is 2.91. The molecule has 4 heteroatoms. The first kappa shape index (κ1) is 25.5. The summed E-state index contributed by atoms with van der Waals surface area (Å²) in [5.74, 6) is 1.87. The van der Waals surface area contributed by atoms with Crippen LogP contribution in [0.4, 0.5) is 0 Å². The summed E-state index contributed by atoms with van der Waals surface area (Å²) in [5, 5.41) is 14.1. The molecule has 0 fully saturated rings. The van der Waals surface area contributed by atoms with Crippen molar-refractivity contribution in [3.63, 3.8) is 0 Å². The van der Waals surface area contributed by atoms with Gasteiger partial charge in [0.15, 0.2) is 0 Å². The summed E-state index contributed by atoms with van der Waals surface area (Å²) in [6, 6.07) is 24.0. The van der Waals surface area contributed by atoms with Crippen molar-refractivity contribution in [1.82, 2.24) is 5.32 Å². The van der Waals surface area contributed by atoms with Gasteiger partial charge in [-0.3, -0.25) is 0 Å². The number of aromatic hydroxyl groups is 1. The van der Waals surface area contributed by atoms with Gasteiger partial charge in [0.05, 0.1) is 7.11 Å². The van der Waals surface area contributed by atoms with Crippen molar-refractivity contribution in [1.29, 1.82) is 0 Å². The van der Waals surface area contributed by atoms with Crippen molar-refractivity contribution in [2.45, 2.75) is 45.1 Å². The number of hydrogen-bond acceptors (Lipinski definition) is 4. The number of phenolic OH excluding ortho intramolecular Hbond substituents is 1. The lowest BCUT2D eigenvalue weighted by molar-refractivity contribution is 0.204. The molecule has 0 unspecified atom stereocenters. The minimum Gasteiger partial charge on any atom is -0.508 e. The van der Waals surface area contributed by atoms with Gasteiger partial charge in [-0.15, -0.1) is 0 Å². The Hall–Kier alpha value is -4.18. The molecule has 2 atom stereocenters. The van der Waals surface area contributed by atoms with Crippen LogP contribution in [-0.4, -0.2) is 12.2 Å². The van der Waals surface area contributed by atoms with Gasteiger partial charge < -0.3 is 19.9 Å². The van der Waals surface area contributed by atoms with Gasteiger partial charge in [-0.25, -0.2) is 0 Å². The van der Waals surface area contributed by atoms with Crippen LogP contribution in [-0.2, 0) is 11.3 Å². The van der Waals surface area contributed by atoms with Crippen LogP contribution in [0.3, 0.4) is 0 Å². The smallest absolute Gasteiger partial charge is 0.122 e. The fraction of sp³-hybridized carbons (Fsp3) is 0.235. The molecule has 0 aromatic heterocycles. The Balaban J connectivity index is 1.52. The molecule has 2 N–H and O–H groups in total. The average molecular weight is 506 g/mol. The summed E-state index contributed by atoms with van der Waals surface area (Å²) in [4.78, 5) is 0. The van der Waals surface area contributed by atoms with Crippen molar-refractivity contribution >= 4 is 0 Å². The maximum absolute atomic E-state index is 10.4. The van der Waals surface area contributed by atoms with E-state index in [1.54, 1.807) is 13.2 Å². The molecule has 0 saturated carbocycles. The zero-order chi connectivity index (χ0) is 26.8. The minimum absolute atomic E-state index is 0.144. The van der Waals surface area contributed by atoms with Crippen LogP contribution in [0, 0.1) is 6.92 Å². The molecule has 4 nitrogen and oxygen atoms in total. The molecular formula is C34H35NO3. The van der Waals surface area contributed by atoms with E-state index in [1.165, 1.54) is 11.1 Å². The van der Waals surface area contributed by atoms with E-state index in [0.717, 1.165) is 57.8 Å². The predicted molar refractivity (Wildman–Crippen MR) is 153 cm³/mol. The van der Waals surface area contributed by atoms with Crippen molar-refractivity contribution in [2.24, 2.45) is 0 Å². The van der Waals surface area contributed by atoms with E-state index in [2.05, 4.69) is 68.7 Å². The summed E-state index contributed by atoms with van der Waals surface area (Å²) in [5.41, 5.74) is 9.84. The molecule has 5 rings (SSSR count). The topological polar surface area (TPSA) is 50.7 Å². The van der Waals surface area contributed by atoms with Crippen molar-refractivity contribution < 1.29 is 14.6 Å². The molecule has 1 aliphatic carbocycles. The second-order valence-corrected chi connectivity index (χ2v) is 10.2. The number of para-hydroxylation sites is 1. The SMILES string of the molecule is C=C1C[C@H](c2ccccc2OC)CC2=C1[C@H](c1cccc(O)c1)C(C(=C)OCc1cccc(C)c1)=C(C)N2. The summed E-state index contributed by atoms with van der Waals surface area (Å²) in [7, 11) is 1.72. The highest BCUT2D eigenvalue weighted by atomic mass is 16.5. The summed E-state index contributed by atoms with van der Waals surface area (Å²) >= 11 is 0. The molecule has 0 bridgehead atoms. The van der Waals surface area contributed by atoms with Gasteiger partial charge in [-0.05, 0) is 78.6 Å². The van der Waals surface area contributed by atoms with Crippen LogP contribution < -0.4 is 10.1 Å². The molecule has 194 valence electrons. The number of allylic oxidation sites excluding steroid dienone is 5. The summed E-state index contributed by atoms with van der Waals surface area (Å²) < 4.78 is 12.0. The number of nitrogens with one attached hydrogen (secondary N) is 1. The van der Waals surface area contributed by atoms with E-state index in [1.807, 2.05) is 30.3 Å². The first-order valence-electron chi connectivity index (χ1n) is 13.0. The first-order chi connectivity index (χ1) is 18.4. The van der Waals surface area contributed by atoms with E-state index in [-0.39, 0.29) is 17.6 Å². The van der Waals surface area contributed by atoms with Crippen molar-refractivity contribution in [2.75, 3.05) is 7.11 Å². The van der Waals surface area contributed by atoms with Gasteiger partial charge in [0, 0.05) is 22.9 Å². The Morgan fingerprint density at radius 3 is 2.55 bits per heavy atom. The lowest BCUT2D eigenvalue weighted by Crippen LogP contribution is -2.31. The second-order valence-electron chi connectivity index (χ2n) is 10.2. The molecule has 0 spiro atoms. The van der Waals surface area contributed by atoms with Crippen LogP contribution in [0.1, 0.15) is 53.9 Å². The van der Waals surface area contributed by atoms with E-state index >= 15 is 0 Å². The summed E-state index contributed by atoms with van der Waals surface area (Å²) in [6.45, 7) is 13.5. The third kappa shape index (κ3) is 4.99. The fourth-order valence-electron chi connectivity index (χ4n) is 5.88. The lowest BCUT2D eigenvalue weighted by atomic mass is 9.70. The molecule has 0 amide bonds. The first-order valence-corrected chi connectivity index (χ1v) is 13.0. The molecule has 1 heterocycles. The van der Waals surface area contributed by atoms with Gasteiger partial charge in [-0.2, -0.15) is 0 Å². The van der Waals surface area contributed by atoms with Crippen molar-refractivity contribution in [3.8, 4) is 11.5 Å². The number of ether oxygens (including phenoxy) is 2. The zero-order valence-corrected chi connectivity index (χ0v) is 22.4. The van der Waals surface area contributed by atoms with Crippen LogP contribution in [0.2, 0.25) is 0 Å². The number of benzene rings is 3. The number of dihydropyridines is 1. The van der Waals surface area contributed by atoms with Gasteiger partial charge in [0.1, 0.15) is 23.9 Å². The molecule has 2 aliphatic rings. The van der Waals surface area contributed by atoms with E-state index in [0.29, 0.717) is 12.4 Å². The molecule has 3 aromatic rings. The van der Waals surface area contributed by atoms with Gasteiger partial charge in [-0.1, -0.05) is 73.3 Å². The van der Waals surface area contributed by atoms with Gasteiger partial charge in [0.25, 0.3) is 0 Å². The Labute approximate surface area is 225 Å². The predicted octanol–water partition coefficient (Wildman–Crippen LogP) is 7.79. The van der Waals surface area contributed by atoms with E-state index < -0.39 is 0 Å². The number of rotatable bonds is 7. The third-order valence-corrected chi connectivity index (χ3v) is 7.55. The fourth-order valence-corrected chi connectivity index (χ4v) is 5.88. The second kappa shape index (κ2) is 10.7. The standard InChI is InChI=1S/C34H35NO3/c1-21-10-8-11-25(16-21)20-38-24(4)33-23(3)35-30-19-27(29-14-6-7-15-31(29)37-5)17-22(2)32(30)34(33)26-12-9-13-28(36)18-26/h6-16,18,27,34-36H,2,4,17,19-20H2,1,3,5H3/t27-,34-/m0/s1. The maximum atomic E-state index is 10.4. The molecule has 0 radical (unpaired) electrons. The number of phenols is 1. The number of methoxy groups -OCH3 is 1. The Morgan fingerprint density at radius 2 is 1.79 bits per heavy atom. The molecular weight excluding hydrogens is 470 g/mol. The number of aryl methyl sites for hydroxylation is 1. The lowest BCUT2D eigenvalue weighted by Gasteiger charge is -2.40. The van der Waals surface area contributed by atoms with Crippen LogP contribution in [0.5, 0.6) is 11.5 Å². The van der Waals surface area contributed by atoms with Gasteiger partial charge in [0.2, 0.25) is 0 Å². The highest BCUT2D eigenvalue weighted by molar-refractivity contribution is 5.59. The Kier molecular flexibility index (Phi) is 7.15. The summed E-state index contributed by atoms with van der Waals surface area (Å²) in [6.07, 6.45) is 1.66. The van der Waals surface area contributed by atoms with Crippen molar-refractivity contribution in [3.05, 3.63) is 142 Å². The van der Waals surface area contributed by atoms with E-state index in [9.17, 15) is 5.11 Å². The number of hydrogen-bond donors (Lipinski definition) is 2. The maximum Gasteiger partial charge on any atom is 0.122 e. The third-order valence-electron chi connectivity index (χ3n) is 7.55. The molecule has 1 aliphatic heterocycles. The Morgan fingerprint density at radius 1 is 1.00 bits per heavy atom. The Bertz CT molecular complexity index is 1460. The minimum atomic E-state index is -0.144. The van der Waals surface area contributed by atoms with Crippen LogP contribution in [0.15, 0.2) is 120 Å². The molecule has 0 saturated heterocycles. The molecule has 3 aromatic carbocycles. The normalized spacial score (nSPS) is 19.1.